The Morgan fingerprint density at radius 3 is 2.62 bits per heavy atom. The molecule has 1 unspecified atom stereocenters. The van der Waals surface area contributed by atoms with Crippen LogP contribution in [0.4, 0.5) is 4.39 Å². The Balaban J connectivity index is 2.93. The Morgan fingerprint density at radius 1 is 1.38 bits per heavy atom. The Morgan fingerprint density at radius 2 is 2.06 bits per heavy atom. The van der Waals surface area contributed by atoms with Crippen molar-refractivity contribution in [3.8, 4) is 0 Å². The molecule has 0 fully saturated rings. The zero-order chi connectivity index (χ0) is 12.0. The van der Waals surface area contributed by atoms with E-state index in [9.17, 15) is 9.18 Å². The van der Waals surface area contributed by atoms with Gasteiger partial charge in [-0.3, -0.25) is 4.79 Å². The highest BCUT2D eigenvalue weighted by atomic mass is 19.1. The number of halogens is 1. The maximum Gasteiger partial charge on any atom is 0.166 e. The molecule has 88 valence electrons. The minimum atomic E-state index is -0.758. The molecule has 0 aliphatic carbocycles. The van der Waals surface area contributed by atoms with E-state index in [2.05, 4.69) is 0 Å². The van der Waals surface area contributed by atoms with Crippen LogP contribution in [0, 0.1) is 5.82 Å². The molecule has 0 bridgehead atoms. The van der Waals surface area contributed by atoms with E-state index in [0.717, 1.165) is 6.42 Å². The minimum absolute atomic E-state index is 0.0607. The third-order valence-corrected chi connectivity index (χ3v) is 2.31. The van der Waals surface area contributed by atoms with E-state index >= 15 is 0 Å². The van der Waals surface area contributed by atoms with Gasteiger partial charge in [0.2, 0.25) is 0 Å². The van der Waals surface area contributed by atoms with Gasteiger partial charge in [0.15, 0.2) is 5.78 Å². The molecule has 3 heteroatoms. The van der Waals surface area contributed by atoms with Crippen LogP contribution >= 0.6 is 0 Å². The van der Waals surface area contributed by atoms with Crippen molar-refractivity contribution in [2.24, 2.45) is 0 Å². The first kappa shape index (κ1) is 12.8. The minimum Gasteiger partial charge on any atom is -0.366 e. The van der Waals surface area contributed by atoms with E-state index in [1.807, 2.05) is 6.92 Å². The Kier molecular flexibility index (Phi) is 5.12. The number of hydrogen-bond donors (Lipinski definition) is 0. The molecule has 0 aliphatic heterocycles. The number of ether oxygens (including phenoxy) is 1. The van der Waals surface area contributed by atoms with Crippen molar-refractivity contribution in [3.05, 3.63) is 35.6 Å². The SMILES string of the molecule is CCCC(=O)C(OCC)c1ccccc1F. The van der Waals surface area contributed by atoms with Gasteiger partial charge >= 0.3 is 0 Å². The fourth-order valence-corrected chi connectivity index (χ4v) is 1.59. The van der Waals surface area contributed by atoms with E-state index in [1.165, 1.54) is 6.07 Å². The second kappa shape index (κ2) is 6.38. The van der Waals surface area contributed by atoms with Crippen LogP contribution in [-0.2, 0) is 9.53 Å². The number of carbonyl (C=O) groups is 1. The lowest BCUT2D eigenvalue weighted by molar-refractivity contribution is -0.130. The van der Waals surface area contributed by atoms with Crippen LogP contribution in [0.15, 0.2) is 24.3 Å². The van der Waals surface area contributed by atoms with Gasteiger partial charge in [0.25, 0.3) is 0 Å². The lowest BCUT2D eigenvalue weighted by Gasteiger charge is -2.16. The van der Waals surface area contributed by atoms with E-state index in [4.69, 9.17) is 4.74 Å². The van der Waals surface area contributed by atoms with Gasteiger partial charge in [-0.25, -0.2) is 4.39 Å². The quantitative estimate of drug-likeness (QED) is 0.741. The molecule has 0 radical (unpaired) electrons. The molecule has 16 heavy (non-hydrogen) atoms. The van der Waals surface area contributed by atoms with Gasteiger partial charge in [0.05, 0.1) is 0 Å². The fraction of sp³-hybridized carbons (Fsp3) is 0.462. The molecule has 2 nitrogen and oxygen atoms in total. The summed E-state index contributed by atoms with van der Waals surface area (Å²) < 4.78 is 18.9. The molecule has 1 rings (SSSR count). The predicted molar refractivity (Wildman–Crippen MR) is 60.7 cm³/mol. The van der Waals surface area contributed by atoms with Crippen molar-refractivity contribution in [3.63, 3.8) is 0 Å². The molecule has 1 aromatic carbocycles. The summed E-state index contributed by atoms with van der Waals surface area (Å²) in [5.74, 6) is -0.445. The van der Waals surface area contributed by atoms with Crippen molar-refractivity contribution in [2.75, 3.05) is 6.61 Å². The van der Waals surface area contributed by atoms with E-state index in [1.54, 1.807) is 25.1 Å². The number of Topliss-reactive ketones (excluding diaryl/α,β-unsaturated/α-hetero) is 1. The first-order valence-electron chi connectivity index (χ1n) is 5.59. The summed E-state index contributed by atoms with van der Waals surface area (Å²) in [6.07, 6.45) is 0.404. The molecule has 0 aliphatic rings. The Hall–Kier alpha value is -1.22. The molecule has 0 amide bonds. The molecule has 0 N–H and O–H groups in total. The molecular formula is C13H17FO2. The predicted octanol–water partition coefficient (Wildman–Crippen LogP) is 3.27. The number of carbonyl (C=O) groups excluding carboxylic acids is 1. The fourth-order valence-electron chi connectivity index (χ4n) is 1.59. The van der Waals surface area contributed by atoms with Crippen molar-refractivity contribution in [1.82, 2.24) is 0 Å². The van der Waals surface area contributed by atoms with Gasteiger partial charge in [-0.05, 0) is 19.4 Å². The smallest absolute Gasteiger partial charge is 0.166 e. The monoisotopic (exact) mass is 224 g/mol. The summed E-state index contributed by atoms with van der Waals surface area (Å²) in [6.45, 7) is 4.11. The van der Waals surface area contributed by atoms with Crippen molar-refractivity contribution in [2.45, 2.75) is 32.8 Å². The zero-order valence-electron chi connectivity index (χ0n) is 9.70. The molecule has 0 saturated heterocycles. The third kappa shape index (κ3) is 3.14. The molecule has 0 heterocycles. The summed E-state index contributed by atoms with van der Waals surface area (Å²) in [7, 11) is 0. The second-order valence-corrected chi connectivity index (χ2v) is 3.57. The van der Waals surface area contributed by atoms with Crippen LogP contribution in [-0.4, -0.2) is 12.4 Å². The molecule has 0 saturated carbocycles. The first-order chi connectivity index (χ1) is 7.70. The normalized spacial score (nSPS) is 12.4. The highest BCUT2D eigenvalue weighted by Gasteiger charge is 2.22. The summed E-state index contributed by atoms with van der Waals surface area (Å²) in [4.78, 5) is 11.8. The van der Waals surface area contributed by atoms with Gasteiger partial charge in [-0.15, -0.1) is 0 Å². The van der Waals surface area contributed by atoms with Gasteiger partial charge in [-0.2, -0.15) is 0 Å². The van der Waals surface area contributed by atoms with Gasteiger partial charge in [-0.1, -0.05) is 25.1 Å². The summed E-state index contributed by atoms with van der Waals surface area (Å²) in [5, 5.41) is 0. The number of ketones is 1. The molecule has 0 aromatic heterocycles. The number of hydrogen-bond acceptors (Lipinski definition) is 2. The van der Waals surface area contributed by atoms with Gasteiger partial charge < -0.3 is 4.74 Å². The topological polar surface area (TPSA) is 26.3 Å². The van der Waals surface area contributed by atoms with Crippen LogP contribution < -0.4 is 0 Å². The maximum absolute atomic E-state index is 13.5. The standard InChI is InChI=1S/C13H17FO2/c1-3-7-12(15)13(16-4-2)10-8-5-6-9-11(10)14/h5-6,8-9,13H,3-4,7H2,1-2H3. The van der Waals surface area contributed by atoms with Crippen LogP contribution in [0.2, 0.25) is 0 Å². The van der Waals surface area contributed by atoms with Crippen LogP contribution in [0.3, 0.4) is 0 Å². The van der Waals surface area contributed by atoms with E-state index in [-0.39, 0.29) is 11.6 Å². The zero-order valence-corrected chi connectivity index (χ0v) is 9.70. The number of benzene rings is 1. The molecule has 0 spiro atoms. The second-order valence-electron chi connectivity index (χ2n) is 3.57. The average molecular weight is 224 g/mol. The van der Waals surface area contributed by atoms with Crippen LogP contribution in [0.25, 0.3) is 0 Å². The van der Waals surface area contributed by atoms with E-state index < -0.39 is 6.10 Å². The summed E-state index contributed by atoms with van der Waals surface area (Å²) in [6, 6.07) is 6.26. The molecule has 1 atom stereocenters. The lowest BCUT2D eigenvalue weighted by atomic mass is 10.0. The number of rotatable bonds is 6. The van der Waals surface area contributed by atoms with Gasteiger partial charge in [0.1, 0.15) is 11.9 Å². The molecular weight excluding hydrogens is 207 g/mol. The summed E-state index contributed by atoms with van der Waals surface area (Å²) >= 11 is 0. The summed E-state index contributed by atoms with van der Waals surface area (Å²) in [5.41, 5.74) is 0.336. The highest BCUT2D eigenvalue weighted by Crippen LogP contribution is 2.23. The first-order valence-corrected chi connectivity index (χ1v) is 5.59. The lowest BCUT2D eigenvalue weighted by Crippen LogP contribution is -2.17. The largest absolute Gasteiger partial charge is 0.366 e. The highest BCUT2D eigenvalue weighted by molar-refractivity contribution is 5.84. The Labute approximate surface area is 95.4 Å². The third-order valence-electron chi connectivity index (χ3n) is 2.31. The van der Waals surface area contributed by atoms with Crippen molar-refractivity contribution < 1.29 is 13.9 Å². The van der Waals surface area contributed by atoms with Crippen molar-refractivity contribution >= 4 is 5.78 Å². The average Bonchev–Trinajstić information content (AvgIpc) is 2.27. The maximum atomic E-state index is 13.5. The Bertz CT molecular complexity index is 350. The molecule has 1 aromatic rings. The van der Waals surface area contributed by atoms with Crippen LogP contribution in [0.5, 0.6) is 0 Å². The van der Waals surface area contributed by atoms with Crippen molar-refractivity contribution in [1.29, 1.82) is 0 Å². The van der Waals surface area contributed by atoms with Gasteiger partial charge in [0, 0.05) is 18.6 Å². The van der Waals surface area contributed by atoms with E-state index in [0.29, 0.717) is 18.6 Å². The van der Waals surface area contributed by atoms with Crippen LogP contribution in [0.1, 0.15) is 38.4 Å².